The third-order valence-corrected chi connectivity index (χ3v) is 7.25. The van der Waals surface area contributed by atoms with Gasteiger partial charge in [-0.15, -0.1) is 0 Å². The fourth-order valence-electron chi connectivity index (χ4n) is 5.11. The molecule has 1 aromatic rings. The van der Waals surface area contributed by atoms with Crippen LogP contribution >= 0.6 is 11.6 Å². The molecule has 1 aliphatic heterocycles. The lowest BCUT2D eigenvalue weighted by Crippen LogP contribution is -2.47. The maximum Gasteiger partial charge on any atom is 0.305 e. The summed E-state index contributed by atoms with van der Waals surface area (Å²) in [5.41, 5.74) is 3.24. The van der Waals surface area contributed by atoms with E-state index in [1.54, 1.807) is 12.0 Å². The first kappa shape index (κ1) is 24.8. The Kier molecular flexibility index (Phi) is 7.72. The zero-order valence-electron chi connectivity index (χ0n) is 19.7. The van der Waals surface area contributed by atoms with Crippen LogP contribution in [0.3, 0.4) is 0 Å². The molecule has 176 valence electrons. The summed E-state index contributed by atoms with van der Waals surface area (Å²) in [6.45, 7) is 7.47. The highest BCUT2D eigenvalue weighted by Crippen LogP contribution is 2.51. The highest BCUT2D eigenvalue weighted by atomic mass is 35.5. The van der Waals surface area contributed by atoms with Gasteiger partial charge in [0.05, 0.1) is 13.0 Å². The summed E-state index contributed by atoms with van der Waals surface area (Å²) < 4.78 is 5.51. The lowest BCUT2D eigenvalue weighted by molar-refractivity contribution is -0.138. The predicted molar refractivity (Wildman–Crippen MR) is 127 cm³/mol. The van der Waals surface area contributed by atoms with Crippen molar-refractivity contribution in [2.75, 3.05) is 20.3 Å². The highest BCUT2D eigenvalue weighted by Gasteiger charge is 2.47. The van der Waals surface area contributed by atoms with Gasteiger partial charge in [-0.2, -0.15) is 0 Å². The number of rotatable bonds is 8. The van der Waals surface area contributed by atoms with E-state index in [1.807, 2.05) is 6.20 Å². The topological polar surface area (TPSA) is 66.8 Å². The molecule has 1 aromatic carbocycles. The van der Waals surface area contributed by atoms with E-state index in [9.17, 15) is 9.59 Å². The molecule has 0 saturated heterocycles. The third-order valence-electron chi connectivity index (χ3n) is 6.90. The second-order valence-corrected chi connectivity index (χ2v) is 10.9. The van der Waals surface area contributed by atoms with E-state index in [0.717, 1.165) is 48.3 Å². The number of fused-ring (bicyclic) bond motifs is 1. The molecule has 1 amide bonds. The molecule has 1 fully saturated rings. The van der Waals surface area contributed by atoms with Gasteiger partial charge in [-0.3, -0.25) is 9.59 Å². The van der Waals surface area contributed by atoms with Crippen LogP contribution in [0.25, 0.3) is 0 Å². The number of carboxylic acid groups (broad SMARTS) is 1. The van der Waals surface area contributed by atoms with Crippen LogP contribution in [0, 0.1) is 11.3 Å². The fourth-order valence-corrected chi connectivity index (χ4v) is 5.38. The summed E-state index contributed by atoms with van der Waals surface area (Å²) in [5.74, 6) is -0.725. The van der Waals surface area contributed by atoms with Crippen LogP contribution in [0.4, 0.5) is 0 Å². The number of aliphatic carboxylic acids is 1. The Balaban J connectivity index is 1.98. The summed E-state index contributed by atoms with van der Waals surface area (Å²) >= 11 is 6.75. The monoisotopic (exact) mass is 461 g/mol. The first-order valence-electron chi connectivity index (χ1n) is 11.6. The molecule has 1 saturated carbocycles. The Labute approximate surface area is 196 Å². The van der Waals surface area contributed by atoms with Crippen molar-refractivity contribution in [3.05, 3.63) is 46.1 Å². The molecule has 2 aliphatic rings. The number of carbonyl (C=O) groups excluding carboxylic acids is 1. The molecule has 2 unspecified atom stereocenters. The fraction of sp³-hybridized carbons (Fsp3) is 0.615. The summed E-state index contributed by atoms with van der Waals surface area (Å²) in [6, 6.07) is 6.33. The van der Waals surface area contributed by atoms with Gasteiger partial charge in [0.2, 0.25) is 5.91 Å². The molecule has 32 heavy (non-hydrogen) atoms. The van der Waals surface area contributed by atoms with Gasteiger partial charge in [-0.25, -0.2) is 0 Å². The van der Waals surface area contributed by atoms with Gasteiger partial charge in [-0.1, -0.05) is 50.9 Å². The van der Waals surface area contributed by atoms with Gasteiger partial charge >= 0.3 is 5.97 Å². The predicted octanol–water partition coefficient (Wildman–Crippen LogP) is 5.59. The summed E-state index contributed by atoms with van der Waals surface area (Å²) in [5, 5.41) is 9.84. The quantitative estimate of drug-likeness (QED) is 0.547. The number of amides is 1. The smallest absolute Gasteiger partial charge is 0.305 e. The Hall–Kier alpha value is -1.85. The van der Waals surface area contributed by atoms with Crippen molar-refractivity contribution in [3.63, 3.8) is 0 Å². The Bertz CT molecular complexity index is 886. The highest BCUT2D eigenvalue weighted by molar-refractivity contribution is 6.31. The summed E-state index contributed by atoms with van der Waals surface area (Å²) in [6.07, 6.45) is 7.06. The molecule has 5 nitrogen and oxygen atoms in total. The average Bonchev–Trinajstić information content (AvgIpc) is 2.71. The molecule has 1 aliphatic carbocycles. The van der Waals surface area contributed by atoms with Crippen LogP contribution < -0.4 is 0 Å². The first-order chi connectivity index (χ1) is 15.1. The standard InChI is InChI=1S/C26H36ClNO4/c1-25(2,3)12-9-18-7-8-20(14-22(18)27)26-11-5-6-19(17-32-4)21(26)16-28(23(29)15-26)13-10-24(30)31/h7-8,14,16,19H,5-6,9-13,15,17H2,1-4H3,(H,30,31). The van der Waals surface area contributed by atoms with Gasteiger partial charge in [0.15, 0.2) is 0 Å². The van der Waals surface area contributed by atoms with Gasteiger partial charge in [0.25, 0.3) is 0 Å². The second kappa shape index (κ2) is 9.96. The number of halogens is 1. The normalized spacial score (nSPS) is 23.7. The second-order valence-electron chi connectivity index (χ2n) is 10.5. The van der Waals surface area contributed by atoms with E-state index in [2.05, 4.69) is 39.0 Å². The Morgan fingerprint density at radius 1 is 1.34 bits per heavy atom. The third kappa shape index (κ3) is 5.55. The van der Waals surface area contributed by atoms with Crippen molar-refractivity contribution in [1.29, 1.82) is 0 Å². The zero-order chi connectivity index (χ0) is 23.5. The molecule has 3 rings (SSSR count). The lowest BCUT2D eigenvalue weighted by atomic mass is 9.59. The maximum absolute atomic E-state index is 13.1. The number of hydrogen-bond acceptors (Lipinski definition) is 3. The minimum Gasteiger partial charge on any atom is -0.481 e. The molecule has 0 aromatic heterocycles. The lowest BCUT2D eigenvalue weighted by Gasteiger charge is -2.48. The number of nitrogens with zero attached hydrogens (tertiary/aromatic N) is 1. The van der Waals surface area contributed by atoms with Gasteiger partial charge < -0.3 is 14.7 Å². The summed E-state index contributed by atoms with van der Waals surface area (Å²) in [7, 11) is 1.70. The van der Waals surface area contributed by atoms with E-state index in [0.29, 0.717) is 13.0 Å². The number of ether oxygens (including phenoxy) is 1. The van der Waals surface area contributed by atoms with Gasteiger partial charge in [0.1, 0.15) is 0 Å². The molecular formula is C26H36ClNO4. The number of aryl methyl sites for hydroxylation is 1. The molecule has 6 heteroatoms. The van der Waals surface area contributed by atoms with Crippen LogP contribution in [-0.4, -0.2) is 42.1 Å². The molecule has 0 spiro atoms. The average molecular weight is 462 g/mol. The van der Waals surface area contributed by atoms with Gasteiger partial charge in [0, 0.05) is 42.6 Å². The van der Waals surface area contributed by atoms with Crippen LogP contribution in [0.15, 0.2) is 30.0 Å². The molecule has 0 radical (unpaired) electrons. The van der Waals surface area contributed by atoms with E-state index in [4.69, 9.17) is 21.4 Å². The molecule has 2 atom stereocenters. The van der Waals surface area contributed by atoms with E-state index >= 15 is 0 Å². The number of hydrogen-bond donors (Lipinski definition) is 1. The summed E-state index contributed by atoms with van der Waals surface area (Å²) in [4.78, 5) is 25.8. The maximum atomic E-state index is 13.1. The van der Waals surface area contributed by atoms with Crippen molar-refractivity contribution in [2.45, 2.75) is 71.1 Å². The Morgan fingerprint density at radius 2 is 2.09 bits per heavy atom. The van der Waals surface area contributed by atoms with Crippen LogP contribution in [0.2, 0.25) is 5.02 Å². The number of methoxy groups -OCH3 is 1. The molecule has 0 bridgehead atoms. The molecule has 1 heterocycles. The van der Waals surface area contributed by atoms with Crippen LogP contribution in [-0.2, 0) is 26.2 Å². The van der Waals surface area contributed by atoms with E-state index in [-0.39, 0.29) is 30.2 Å². The van der Waals surface area contributed by atoms with Crippen molar-refractivity contribution < 1.29 is 19.4 Å². The Morgan fingerprint density at radius 3 is 2.72 bits per heavy atom. The minimum absolute atomic E-state index is 0.0269. The number of benzene rings is 1. The van der Waals surface area contributed by atoms with Crippen molar-refractivity contribution >= 4 is 23.5 Å². The van der Waals surface area contributed by atoms with Crippen molar-refractivity contribution in [3.8, 4) is 0 Å². The van der Waals surface area contributed by atoms with Crippen LogP contribution in [0.1, 0.15) is 70.4 Å². The zero-order valence-corrected chi connectivity index (χ0v) is 20.5. The van der Waals surface area contributed by atoms with Gasteiger partial charge in [-0.05, 0) is 53.9 Å². The van der Waals surface area contributed by atoms with Crippen LogP contribution in [0.5, 0.6) is 0 Å². The van der Waals surface area contributed by atoms with Crippen molar-refractivity contribution in [2.24, 2.45) is 11.3 Å². The number of carboxylic acids is 1. The van der Waals surface area contributed by atoms with E-state index in [1.165, 1.54) is 5.57 Å². The largest absolute Gasteiger partial charge is 0.481 e. The van der Waals surface area contributed by atoms with E-state index < -0.39 is 11.4 Å². The molecular weight excluding hydrogens is 426 g/mol. The first-order valence-corrected chi connectivity index (χ1v) is 11.9. The molecule has 1 N–H and O–H groups in total. The number of carbonyl (C=O) groups is 2. The van der Waals surface area contributed by atoms with Crippen molar-refractivity contribution in [1.82, 2.24) is 4.90 Å². The SMILES string of the molecule is COCC1CCCC2(c3ccc(CCC(C)(C)C)c(Cl)c3)CC(=O)N(CCC(=O)O)C=C12. The minimum atomic E-state index is -0.900.